The summed E-state index contributed by atoms with van der Waals surface area (Å²) in [6, 6.07) is 6.41. The van der Waals surface area contributed by atoms with Gasteiger partial charge in [-0.2, -0.15) is 0 Å². The van der Waals surface area contributed by atoms with Gasteiger partial charge in [-0.05, 0) is 30.7 Å². The Morgan fingerprint density at radius 3 is 2.76 bits per heavy atom. The molecule has 0 unspecified atom stereocenters. The van der Waals surface area contributed by atoms with Crippen LogP contribution in [0.1, 0.15) is 35.4 Å². The van der Waals surface area contributed by atoms with Gasteiger partial charge in [0.05, 0.1) is 0 Å². The van der Waals surface area contributed by atoms with Crippen LogP contribution in [0.15, 0.2) is 24.3 Å². The molecule has 0 aliphatic carbocycles. The van der Waals surface area contributed by atoms with Crippen molar-refractivity contribution in [2.75, 3.05) is 6.61 Å². The monoisotopic (exact) mass is 343 g/mol. The van der Waals surface area contributed by atoms with Gasteiger partial charge in [0.1, 0.15) is 17.4 Å². The zero-order valence-electron chi connectivity index (χ0n) is 14.1. The van der Waals surface area contributed by atoms with Gasteiger partial charge in [-0.25, -0.2) is 0 Å². The van der Waals surface area contributed by atoms with Crippen LogP contribution < -0.4 is 15.8 Å². The van der Waals surface area contributed by atoms with Gasteiger partial charge in [0.25, 0.3) is 5.91 Å². The molecule has 8 nitrogen and oxygen atoms in total. The maximum absolute atomic E-state index is 12.1. The Balaban J connectivity index is 1.50. The number of nitrogens with zero attached hydrogens (tertiary/aromatic N) is 3. The predicted octanol–water partition coefficient (Wildman–Crippen LogP) is 0.449. The van der Waals surface area contributed by atoms with Crippen LogP contribution in [-0.2, 0) is 24.2 Å². The Kier molecular flexibility index (Phi) is 4.97. The minimum Gasteiger partial charge on any atom is -0.484 e. The molecule has 1 aliphatic heterocycles. The Morgan fingerprint density at radius 2 is 2.08 bits per heavy atom. The third-order valence-corrected chi connectivity index (χ3v) is 4.21. The Labute approximate surface area is 145 Å². The van der Waals surface area contributed by atoms with Crippen LogP contribution >= 0.6 is 0 Å². The largest absolute Gasteiger partial charge is 0.484 e. The van der Waals surface area contributed by atoms with Gasteiger partial charge in [-0.15, -0.1) is 10.2 Å². The predicted molar refractivity (Wildman–Crippen MR) is 90.1 cm³/mol. The maximum Gasteiger partial charge on any atom is 0.258 e. The van der Waals surface area contributed by atoms with Gasteiger partial charge in [0.15, 0.2) is 6.61 Å². The highest BCUT2D eigenvalue weighted by Gasteiger charge is 2.23. The highest BCUT2D eigenvalue weighted by Crippen LogP contribution is 2.16. The van der Waals surface area contributed by atoms with Gasteiger partial charge >= 0.3 is 0 Å². The summed E-state index contributed by atoms with van der Waals surface area (Å²) in [4.78, 5) is 23.1. The van der Waals surface area contributed by atoms with Crippen molar-refractivity contribution in [3.8, 4) is 5.75 Å². The number of carbonyl (C=O) groups is 2. The molecule has 0 saturated carbocycles. The van der Waals surface area contributed by atoms with E-state index in [2.05, 4.69) is 20.1 Å². The molecule has 2 aromatic rings. The molecule has 1 atom stereocenters. The molecule has 8 heteroatoms. The van der Waals surface area contributed by atoms with E-state index in [-0.39, 0.29) is 18.6 Å². The van der Waals surface area contributed by atoms with Crippen LogP contribution in [0.4, 0.5) is 0 Å². The third-order valence-electron chi connectivity index (χ3n) is 4.21. The number of rotatable bonds is 6. The normalized spacial score (nSPS) is 16.1. The number of primary amides is 1. The Bertz CT molecular complexity index is 756. The minimum absolute atomic E-state index is 0.0436. The van der Waals surface area contributed by atoms with E-state index in [0.717, 1.165) is 30.9 Å². The van der Waals surface area contributed by atoms with E-state index in [1.165, 1.54) is 0 Å². The number of nitrogens with one attached hydrogen (secondary N) is 1. The molecule has 3 N–H and O–H groups in total. The van der Waals surface area contributed by atoms with Crippen LogP contribution in [0, 0.1) is 0 Å². The van der Waals surface area contributed by atoms with Crippen molar-refractivity contribution >= 4 is 11.8 Å². The number of fused-ring (bicyclic) bond motifs is 1. The van der Waals surface area contributed by atoms with Crippen LogP contribution in [0.5, 0.6) is 5.75 Å². The van der Waals surface area contributed by atoms with Crippen LogP contribution in [0.2, 0.25) is 0 Å². The summed E-state index contributed by atoms with van der Waals surface area (Å²) < 4.78 is 7.53. The summed E-state index contributed by atoms with van der Waals surface area (Å²) in [5.74, 6) is 1.76. The van der Waals surface area contributed by atoms with Crippen molar-refractivity contribution in [2.45, 2.75) is 38.8 Å². The number of nitrogens with two attached hydrogens (primary N) is 1. The molecule has 2 heterocycles. The molecule has 2 amide bonds. The molecule has 0 bridgehead atoms. The minimum atomic E-state index is -0.499. The number of aryl methyl sites for hydroxylation is 2. The summed E-state index contributed by atoms with van der Waals surface area (Å²) in [6.45, 7) is 2.64. The highest BCUT2D eigenvalue weighted by molar-refractivity contribution is 5.92. The number of aromatic nitrogens is 3. The summed E-state index contributed by atoms with van der Waals surface area (Å²) in [7, 11) is 0. The molecular weight excluding hydrogens is 322 g/mol. The van der Waals surface area contributed by atoms with Gasteiger partial charge < -0.3 is 20.4 Å². The first-order valence-corrected chi connectivity index (χ1v) is 8.29. The smallest absolute Gasteiger partial charge is 0.258 e. The average molecular weight is 343 g/mol. The molecule has 25 heavy (non-hydrogen) atoms. The maximum atomic E-state index is 12.1. The van der Waals surface area contributed by atoms with Crippen molar-refractivity contribution in [1.29, 1.82) is 0 Å². The molecule has 0 fully saturated rings. The van der Waals surface area contributed by atoms with Crippen LogP contribution in [0.25, 0.3) is 0 Å². The molecule has 1 aromatic heterocycles. The third kappa shape index (κ3) is 3.96. The van der Waals surface area contributed by atoms with Gasteiger partial charge in [0, 0.05) is 31.0 Å². The lowest BCUT2D eigenvalue weighted by Gasteiger charge is -2.25. The second-order valence-corrected chi connectivity index (χ2v) is 5.98. The second-order valence-electron chi connectivity index (χ2n) is 5.98. The van der Waals surface area contributed by atoms with E-state index in [1.54, 1.807) is 24.3 Å². The molecule has 132 valence electrons. The average Bonchev–Trinajstić information content (AvgIpc) is 3.02. The number of hydrogen-bond acceptors (Lipinski definition) is 5. The number of carbonyl (C=O) groups excluding carboxylic acids is 2. The lowest BCUT2D eigenvalue weighted by atomic mass is 10.1. The first kappa shape index (κ1) is 16.9. The SMILES string of the molecule is CCc1nnc2n1C[C@@H](NC(=O)COc1ccc(C(N)=O)cc1)CC2. The van der Waals surface area contributed by atoms with E-state index >= 15 is 0 Å². The fourth-order valence-corrected chi connectivity index (χ4v) is 2.90. The Morgan fingerprint density at radius 1 is 1.32 bits per heavy atom. The van der Waals surface area contributed by atoms with Crippen molar-refractivity contribution in [3.05, 3.63) is 41.5 Å². The second kappa shape index (κ2) is 7.33. The topological polar surface area (TPSA) is 112 Å². The Hall–Kier alpha value is -2.90. The van der Waals surface area contributed by atoms with Crippen LogP contribution in [-0.4, -0.2) is 39.2 Å². The number of amides is 2. The standard InChI is InChI=1S/C17H21N5O3/c1-2-14-20-21-15-8-5-12(9-22(14)15)19-16(23)10-25-13-6-3-11(4-7-13)17(18)24/h3-4,6-7,12H,2,5,8-10H2,1H3,(H2,18,24)(H,19,23)/t12-/m0/s1. The molecule has 1 aliphatic rings. The molecule has 3 rings (SSSR count). The zero-order valence-corrected chi connectivity index (χ0v) is 14.1. The van der Waals surface area contributed by atoms with Crippen molar-refractivity contribution in [2.24, 2.45) is 5.73 Å². The fourth-order valence-electron chi connectivity index (χ4n) is 2.90. The van der Waals surface area contributed by atoms with Crippen LogP contribution in [0.3, 0.4) is 0 Å². The molecule has 1 aromatic carbocycles. The zero-order chi connectivity index (χ0) is 17.8. The fraction of sp³-hybridized carbons (Fsp3) is 0.412. The van der Waals surface area contributed by atoms with Gasteiger partial charge in [-0.3, -0.25) is 9.59 Å². The first-order chi connectivity index (χ1) is 12.1. The summed E-state index contributed by atoms with van der Waals surface area (Å²) in [5.41, 5.74) is 5.58. The van der Waals surface area contributed by atoms with Crippen molar-refractivity contribution in [1.82, 2.24) is 20.1 Å². The number of hydrogen-bond donors (Lipinski definition) is 2. The summed E-state index contributed by atoms with van der Waals surface area (Å²) in [5, 5.41) is 11.3. The van der Waals surface area contributed by atoms with Gasteiger partial charge in [-0.1, -0.05) is 6.92 Å². The first-order valence-electron chi connectivity index (χ1n) is 8.29. The lowest BCUT2D eigenvalue weighted by Crippen LogP contribution is -2.43. The number of benzene rings is 1. The quantitative estimate of drug-likeness (QED) is 0.791. The molecule has 0 spiro atoms. The van der Waals surface area contributed by atoms with E-state index in [0.29, 0.717) is 17.9 Å². The van der Waals surface area contributed by atoms with Crippen molar-refractivity contribution in [3.63, 3.8) is 0 Å². The summed E-state index contributed by atoms with van der Waals surface area (Å²) in [6.07, 6.45) is 2.45. The highest BCUT2D eigenvalue weighted by atomic mass is 16.5. The molecular formula is C17H21N5O3. The van der Waals surface area contributed by atoms with E-state index in [4.69, 9.17) is 10.5 Å². The summed E-state index contributed by atoms with van der Waals surface area (Å²) >= 11 is 0. The molecule has 0 radical (unpaired) electrons. The number of ether oxygens (including phenoxy) is 1. The lowest BCUT2D eigenvalue weighted by molar-refractivity contribution is -0.124. The van der Waals surface area contributed by atoms with E-state index in [9.17, 15) is 9.59 Å². The van der Waals surface area contributed by atoms with Gasteiger partial charge in [0.2, 0.25) is 5.91 Å². The van der Waals surface area contributed by atoms with E-state index in [1.807, 2.05) is 6.92 Å². The van der Waals surface area contributed by atoms with Crippen molar-refractivity contribution < 1.29 is 14.3 Å². The molecule has 0 saturated heterocycles. The van der Waals surface area contributed by atoms with E-state index < -0.39 is 5.91 Å².